The number of ether oxygens (including phenoxy) is 2. The molecule has 0 bridgehead atoms. The third-order valence-corrected chi connectivity index (χ3v) is 2.86. The van der Waals surface area contributed by atoms with Crippen LogP contribution in [0.5, 0.6) is 0 Å². The van der Waals surface area contributed by atoms with Gasteiger partial charge in [-0.3, -0.25) is 19.7 Å². The van der Waals surface area contributed by atoms with Gasteiger partial charge in [0.2, 0.25) is 6.54 Å². The normalized spacial score (nSPS) is 12.0. The molecule has 0 aromatic carbocycles. The van der Waals surface area contributed by atoms with Crippen LogP contribution in [0.2, 0.25) is 0 Å². The maximum atomic E-state index is 11.9. The number of carbonyl (C=O) groups excluding carboxylic acids is 2. The van der Waals surface area contributed by atoms with Gasteiger partial charge in [-0.2, -0.15) is 0 Å². The van der Waals surface area contributed by atoms with Crippen molar-refractivity contribution in [3.05, 3.63) is 10.1 Å². The molecule has 7 heteroatoms. The number of carbonyl (C=O) groups is 2. The third-order valence-electron chi connectivity index (χ3n) is 2.86. The second kappa shape index (κ2) is 10.2. The summed E-state index contributed by atoms with van der Waals surface area (Å²) in [7, 11) is 0. The second-order valence-corrected chi connectivity index (χ2v) is 4.40. The van der Waals surface area contributed by atoms with Crippen LogP contribution in [0.4, 0.5) is 0 Å². The summed E-state index contributed by atoms with van der Waals surface area (Å²) < 4.78 is 9.70. The van der Waals surface area contributed by atoms with Crippen molar-refractivity contribution in [2.45, 2.75) is 40.0 Å². The summed E-state index contributed by atoms with van der Waals surface area (Å²) in [4.78, 5) is 34.0. The molecule has 1 atom stereocenters. The van der Waals surface area contributed by atoms with Crippen LogP contribution in [0.25, 0.3) is 0 Å². The molecule has 0 fully saturated rings. The number of hydrogen-bond acceptors (Lipinski definition) is 6. The Morgan fingerprint density at radius 2 is 1.60 bits per heavy atom. The molecule has 0 aliphatic carbocycles. The Hall–Kier alpha value is -1.66. The lowest BCUT2D eigenvalue weighted by Crippen LogP contribution is -2.37. The SMILES string of the molecule is CCCC[C@H](C[N+](=O)[O-])C(C(=O)OCC)C(=O)OCC. The Morgan fingerprint density at radius 1 is 1.10 bits per heavy atom. The fraction of sp³-hybridized carbons (Fsp3) is 0.846. The first-order valence-electron chi connectivity index (χ1n) is 6.92. The van der Waals surface area contributed by atoms with Crippen LogP contribution >= 0.6 is 0 Å². The van der Waals surface area contributed by atoms with E-state index in [1.54, 1.807) is 13.8 Å². The van der Waals surface area contributed by atoms with Crippen molar-refractivity contribution in [2.24, 2.45) is 11.8 Å². The molecule has 0 spiro atoms. The van der Waals surface area contributed by atoms with Crippen LogP contribution < -0.4 is 0 Å². The summed E-state index contributed by atoms with van der Waals surface area (Å²) in [6.45, 7) is 4.97. The number of unbranched alkanes of at least 4 members (excludes halogenated alkanes) is 1. The highest BCUT2D eigenvalue weighted by atomic mass is 16.6. The predicted molar refractivity (Wildman–Crippen MR) is 71.6 cm³/mol. The minimum atomic E-state index is -1.22. The van der Waals surface area contributed by atoms with Crippen molar-refractivity contribution in [1.82, 2.24) is 0 Å². The first kappa shape index (κ1) is 18.3. The summed E-state index contributed by atoms with van der Waals surface area (Å²) in [5, 5.41) is 10.7. The molecule has 0 amide bonds. The van der Waals surface area contributed by atoms with Gasteiger partial charge < -0.3 is 9.47 Å². The number of nitrogens with zero attached hydrogens (tertiary/aromatic N) is 1. The van der Waals surface area contributed by atoms with Crippen LogP contribution in [0.15, 0.2) is 0 Å². The molecule has 0 N–H and O–H groups in total. The Kier molecular flexibility index (Phi) is 9.32. The standard InChI is InChI=1S/C13H23NO6/c1-4-7-8-10(9-14(17)18)11(12(15)19-5-2)13(16)20-6-3/h10-11H,4-9H2,1-3H3/t10-/m1/s1. The van der Waals surface area contributed by atoms with E-state index in [0.717, 1.165) is 6.42 Å². The van der Waals surface area contributed by atoms with Gasteiger partial charge in [0.25, 0.3) is 0 Å². The molecular formula is C13H23NO6. The van der Waals surface area contributed by atoms with Gasteiger partial charge in [-0.1, -0.05) is 19.8 Å². The zero-order valence-corrected chi connectivity index (χ0v) is 12.3. The highest BCUT2D eigenvalue weighted by Crippen LogP contribution is 2.22. The molecule has 0 radical (unpaired) electrons. The molecule has 0 aromatic rings. The van der Waals surface area contributed by atoms with E-state index in [4.69, 9.17) is 9.47 Å². The van der Waals surface area contributed by atoms with Crippen molar-refractivity contribution in [2.75, 3.05) is 19.8 Å². The third kappa shape index (κ3) is 6.49. The smallest absolute Gasteiger partial charge is 0.320 e. The largest absolute Gasteiger partial charge is 0.465 e. The second-order valence-electron chi connectivity index (χ2n) is 4.40. The number of nitro groups is 1. The molecule has 7 nitrogen and oxygen atoms in total. The summed E-state index contributed by atoms with van der Waals surface area (Å²) >= 11 is 0. The first-order valence-corrected chi connectivity index (χ1v) is 6.92. The lowest BCUT2D eigenvalue weighted by molar-refractivity contribution is -0.489. The Balaban J connectivity index is 5.09. The molecule has 0 aliphatic rings. The number of esters is 2. The lowest BCUT2D eigenvalue weighted by atomic mass is 9.87. The molecule has 0 saturated carbocycles. The van der Waals surface area contributed by atoms with E-state index in [1.807, 2.05) is 6.92 Å². The van der Waals surface area contributed by atoms with Crippen molar-refractivity contribution in [3.8, 4) is 0 Å². The maximum absolute atomic E-state index is 11.9. The number of rotatable bonds is 10. The van der Waals surface area contributed by atoms with Gasteiger partial charge in [-0.25, -0.2) is 0 Å². The average molecular weight is 289 g/mol. The molecule has 0 heterocycles. The van der Waals surface area contributed by atoms with E-state index in [2.05, 4.69) is 0 Å². The molecule has 0 unspecified atom stereocenters. The van der Waals surface area contributed by atoms with E-state index in [9.17, 15) is 19.7 Å². The van der Waals surface area contributed by atoms with Gasteiger partial charge in [0.1, 0.15) is 0 Å². The van der Waals surface area contributed by atoms with Gasteiger partial charge in [0.05, 0.1) is 13.2 Å². The zero-order valence-electron chi connectivity index (χ0n) is 12.3. The summed E-state index contributed by atoms with van der Waals surface area (Å²) in [6, 6.07) is 0. The molecule has 20 heavy (non-hydrogen) atoms. The van der Waals surface area contributed by atoms with Gasteiger partial charge >= 0.3 is 11.9 Å². The van der Waals surface area contributed by atoms with Crippen LogP contribution in [-0.2, 0) is 19.1 Å². The van der Waals surface area contributed by atoms with Crippen molar-refractivity contribution >= 4 is 11.9 Å². The van der Waals surface area contributed by atoms with E-state index in [0.29, 0.717) is 12.8 Å². The fourth-order valence-corrected chi connectivity index (χ4v) is 1.97. The topological polar surface area (TPSA) is 95.7 Å². The summed E-state index contributed by atoms with van der Waals surface area (Å²) in [6.07, 6.45) is 1.94. The van der Waals surface area contributed by atoms with E-state index >= 15 is 0 Å². The van der Waals surface area contributed by atoms with Crippen molar-refractivity contribution in [1.29, 1.82) is 0 Å². The van der Waals surface area contributed by atoms with Gasteiger partial charge in [-0.05, 0) is 20.3 Å². The molecule has 0 rings (SSSR count). The molecular weight excluding hydrogens is 266 g/mol. The minimum Gasteiger partial charge on any atom is -0.465 e. The Bertz CT molecular complexity index is 313. The monoisotopic (exact) mass is 289 g/mol. The predicted octanol–water partition coefficient (Wildman–Crippen LogP) is 1.81. The van der Waals surface area contributed by atoms with E-state index in [1.165, 1.54) is 0 Å². The zero-order chi connectivity index (χ0) is 15.5. The average Bonchev–Trinajstić information content (AvgIpc) is 2.36. The van der Waals surface area contributed by atoms with Crippen LogP contribution in [0.3, 0.4) is 0 Å². The highest BCUT2D eigenvalue weighted by Gasteiger charge is 2.39. The van der Waals surface area contributed by atoms with Gasteiger partial charge in [-0.15, -0.1) is 0 Å². The number of hydrogen-bond donors (Lipinski definition) is 0. The van der Waals surface area contributed by atoms with Gasteiger partial charge in [0, 0.05) is 10.8 Å². The van der Waals surface area contributed by atoms with Gasteiger partial charge in [0.15, 0.2) is 5.92 Å². The molecule has 0 aromatic heterocycles. The first-order chi connectivity index (χ1) is 9.47. The van der Waals surface area contributed by atoms with Crippen molar-refractivity contribution < 1.29 is 24.0 Å². The van der Waals surface area contributed by atoms with Crippen molar-refractivity contribution in [3.63, 3.8) is 0 Å². The summed E-state index contributed by atoms with van der Waals surface area (Å²) in [5.41, 5.74) is 0. The summed E-state index contributed by atoms with van der Waals surface area (Å²) in [5.74, 6) is -3.39. The fourth-order valence-electron chi connectivity index (χ4n) is 1.97. The lowest BCUT2D eigenvalue weighted by Gasteiger charge is -2.21. The van der Waals surface area contributed by atoms with Crippen LogP contribution in [0.1, 0.15) is 40.0 Å². The van der Waals surface area contributed by atoms with E-state index < -0.39 is 35.2 Å². The molecule has 0 saturated heterocycles. The molecule has 116 valence electrons. The van der Waals surface area contributed by atoms with E-state index in [-0.39, 0.29) is 13.2 Å². The minimum absolute atomic E-state index is 0.119. The molecule has 0 aliphatic heterocycles. The van der Waals surface area contributed by atoms with Crippen LogP contribution in [0, 0.1) is 22.0 Å². The van der Waals surface area contributed by atoms with Crippen LogP contribution in [-0.4, -0.2) is 36.6 Å². The maximum Gasteiger partial charge on any atom is 0.320 e. The Labute approximate surface area is 118 Å². The Morgan fingerprint density at radius 3 is 1.95 bits per heavy atom. The quantitative estimate of drug-likeness (QED) is 0.263. The highest BCUT2D eigenvalue weighted by molar-refractivity contribution is 5.95.